The predicted octanol–water partition coefficient (Wildman–Crippen LogP) is 4.10. The first-order valence-corrected chi connectivity index (χ1v) is 11.6. The van der Waals surface area contributed by atoms with E-state index < -0.39 is 57.9 Å². The van der Waals surface area contributed by atoms with Crippen molar-refractivity contribution in [3.8, 4) is 0 Å². The van der Waals surface area contributed by atoms with Crippen molar-refractivity contribution < 1.29 is 28.7 Å². The van der Waals surface area contributed by atoms with Gasteiger partial charge in [0.25, 0.3) is 0 Å². The number of carboxylic acids is 1. The average Bonchev–Trinajstić information content (AvgIpc) is 2.80. The van der Waals surface area contributed by atoms with Crippen LogP contribution in [-0.2, 0) is 4.79 Å². The summed E-state index contributed by atoms with van der Waals surface area (Å²) in [6.07, 6.45) is 6.61. The fourth-order valence-corrected chi connectivity index (χ4v) is 4.77. The van der Waals surface area contributed by atoms with E-state index in [9.17, 15) is 25.1 Å². The molecule has 1 aromatic carbocycles. The van der Waals surface area contributed by atoms with Gasteiger partial charge in [-0.05, 0) is 31.6 Å². The molecule has 1 aliphatic heterocycles. The van der Waals surface area contributed by atoms with E-state index in [4.69, 9.17) is 0 Å². The van der Waals surface area contributed by atoms with Crippen molar-refractivity contribution in [2.24, 2.45) is 5.92 Å². The van der Waals surface area contributed by atoms with Crippen LogP contribution in [0.3, 0.4) is 0 Å². The van der Waals surface area contributed by atoms with Gasteiger partial charge in [0.1, 0.15) is 11.7 Å². The quantitative estimate of drug-likeness (QED) is 0.314. The number of carbonyl (C=O) groups is 1. The van der Waals surface area contributed by atoms with E-state index in [0.29, 0.717) is 31.8 Å². The fourth-order valence-electron chi connectivity index (χ4n) is 4.77. The lowest BCUT2D eigenvalue weighted by molar-refractivity contribution is -0.383. The number of nitro benzene ring substituents is 1. The number of piperidine rings is 1. The largest absolute Gasteiger partial charge is 0.480 e. The first-order chi connectivity index (χ1) is 15.8. The number of aliphatic carboxylic acids is 1. The number of aliphatic hydroxyl groups excluding tert-OH is 1. The first-order valence-electron chi connectivity index (χ1n) is 11.6. The molecule has 2 aliphatic rings. The van der Waals surface area contributed by atoms with Crippen LogP contribution in [-0.4, -0.2) is 52.9 Å². The van der Waals surface area contributed by atoms with Gasteiger partial charge in [0.15, 0.2) is 23.0 Å². The number of carboxylic acid groups (broad SMARTS) is 1. The number of hydrogen-bond acceptors (Lipinski definition) is 7. The zero-order valence-electron chi connectivity index (χ0n) is 18.8. The summed E-state index contributed by atoms with van der Waals surface area (Å²) in [6, 6.07) is -1.90. The van der Waals surface area contributed by atoms with Gasteiger partial charge < -0.3 is 25.7 Å². The molecule has 0 bridgehead atoms. The highest BCUT2D eigenvalue weighted by Crippen LogP contribution is 2.46. The molecule has 0 spiro atoms. The summed E-state index contributed by atoms with van der Waals surface area (Å²) in [5, 5.41) is 35.8. The summed E-state index contributed by atoms with van der Waals surface area (Å²) in [7, 11) is 0. The zero-order chi connectivity index (χ0) is 24.1. The Labute approximate surface area is 191 Å². The molecule has 1 heterocycles. The maximum atomic E-state index is 15.8. The molecule has 0 unspecified atom stereocenters. The van der Waals surface area contributed by atoms with Gasteiger partial charge in [-0.3, -0.25) is 10.1 Å². The van der Waals surface area contributed by atoms with Crippen molar-refractivity contribution in [2.45, 2.75) is 70.4 Å². The van der Waals surface area contributed by atoms with Crippen LogP contribution in [0.25, 0.3) is 0 Å². The molecule has 9 nitrogen and oxygen atoms in total. The third kappa shape index (κ3) is 5.45. The molecule has 1 saturated heterocycles. The van der Waals surface area contributed by atoms with Crippen LogP contribution in [0, 0.1) is 27.7 Å². The van der Waals surface area contributed by atoms with E-state index in [1.807, 2.05) is 0 Å². The van der Waals surface area contributed by atoms with E-state index in [0.717, 1.165) is 38.5 Å². The smallest absolute Gasteiger partial charge is 0.328 e. The summed E-state index contributed by atoms with van der Waals surface area (Å²) >= 11 is 0. The molecule has 2 fully saturated rings. The normalized spacial score (nSPS) is 18.7. The highest BCUT2D eigenvalue weighted by Gasteiger charge is 2.37. The van der Waals surface area contributed by atoms with E-state index in [2.05, 4.69) is 17.6 Å². The number of hydrogen-bond donors (Lipinski definition) is 4. The Morgan fingerprint density at radius 2 is 1.76 bits per heavy atom. The Hall–Kier alpha value is -2.69. The zero-order valence-corrected chi connectivity index (χ0v) is 18.8. The molecule has 184 valence electrons. The Morgan fingerprint density at radius 1 is 1.15 bits per heavy atom. The number of nitrogens with one attached hydrogen (secondary N) is 2. The second-order valence-electron chi connectivity index (χ2n) is 8.87. The van der Waals surface area contributed by atoms with E-state index >= 15 is 8.78 Å². The number of nitro groups is 1. The second-order valence-corrected chi connectivity index (χ2v) is 8.87. The van der Waals surface area contributed by atoms with Gasteiger partial charge >= 0.3 is 11.7 Å². The van der Waals surface area contributed by atoms with E-state index in [1.165, 1.54) is 4.90 Å². The van der Waals surface area contributed by atoms with Crippen LogP contribution in [0.5, 0.6) is 0 Å². The van der Waals surface area contributed by atoms with Gasteiger partial charge in [0, 0.05) is 19.1 Å². The van der Waals surface area contributed by atoms with Gasteiger partial charge in [0.05, 0.1) is 11.5 Å². The Morgan fingerprint density at radius 3 is 2.27 bits per heavy atom. The summed E-state index contributed by atoms with van der Waals surface area (Å²) in [4.78, 5) is 24.0. The standard InChI is InChI=1S/C22H32F2N4O5/c1-2-13-8-10-27(11-9-13)20-16(23)18(25-14-6-4-3-5-7-14)21(28(32)33)19(17(20)24)26-15(12-29)22(30)31/h13-15,25-26,29H,2-12H2,1H3,(H,30,31)/t15-/m0/s1. The highest BCUT2D eigenvalue weighted by atomic mass is 19.1. The van der Waals surface area contributed by atoms with Gasteiger partial charge in [-0.1, -0.05) is 32.6 Å². The molecular weight excluding hydrogens is 438 g/mol. The minimum atomic E-state index is -1.69. The van der Waals surface area contributed by atoms with Gasteiger partial charge in [-0.15, -0.1) is 0 Å². The third-order valence-corrected chi connectivity index (χ3v) is 6.77. The molecule has 11 heteroatoms. The predicted molar refractivity (Wildman–Crippen MR) is 121 cm³/mol. The van der Waals surface area contributed by atoms with Crippen LogP contribution in [0.2, 0.25) is 0 Å². The van der Waals surface area contributed by atoms with Crippen LogP contribution in [0.1, 0.15) is 58.3 Å². The lowest BCUT2D eigenvalue weighted by atomic mass is 9.93. The Balaban J connectivity index is 2.13. The number of anilines is 3. The summed E-state index contributed by atoms with van der Waals surface area (Å²) in [5.74, 6) is -3.33. The van der Waals surface area contributed by atoms with Crippen molar-refractivity contribution in [1.82, 2.24) is 0 Å². The third-order valence-electron chi connectivity index (χ3n) is 6.77. The lowest BCUT2D eigenvalue weighted by Crippen LogP contribution is -2.37. The molecule has 0 radical (unpaired) electrons. The van der Waals surface area contributed by atoms with Crippen LogP contribution >= 0.6 is 0 Å². The first kappa shape index (κ1) is 24.9. The van der Waals surface area contributed by atoms with Crippen molar-refractivity contribution in [2.75, 3.05) is 35.2 Å². The molecule has 4 N–H and O–H groups in total. The number of aliphatic hydroxyl groups is 1. The molecule has 0 aromatic heterocycles. The number of nitrogens with zero attached hydrogens (tertiary/aromatic N) is 2. The maximum absolute atomic E-state index is 15.8. The number of halogens is 2. The van der Waals surface area contributed by atoms with Crippen molar-refractivity contribution in [1.29, 1.82) is 0 Å². The minimum Gasteiger partial charge on any atom is -0.480 e. The molecule has 3 rings (SSSR count). The second kappa shape index (κ2) is 11.0. The van der Waals surface area contributed by atoms with Crippen LogP contribution < -0.4 is 15.5 Å². The Bertz CT molecular complexity index is 871. The summed E-state index contributed by atoms with van der Waals surface area (Å²) < 4.78 is 31.5. The molecule has 1 aromatic rings. The molecular formula is C22H32F2N4O5. The maximum Gasteiger partial charge on any atom is 0.328 e. The molecule has 1 atom stereocenters. The molecule has 1 saturated carbocycles. The highest BCUT2D eigenvalue weighted by molar-refractivity contribution is 5.87. The average molecular weight is 471 g/mol. The van der Waals surface area contributed by atoms with Crippen LogP contribution in [0.4, 0.5) is 31.5 Å². The number of rotatable bonds is 9. The van der Waals surface area contributed by atoms with E-state index in [-0.39, 0.29) is 6.04 Å². The van der Waals surface area contributed by atoms with Gasteiger partial charge in [0.2, 0.25) is 0 Å². The number of benzene rings is 1. The molecule has 1 aliphatic carbocycles. The fraction of sp³-hybridized carbons (Fsp3) is 0.682. The topological polar surface area (TPSA) is 128 Å². The van der Waals surface area contributed by atoms with E-state index in [1.54, 1.807) is 0 Å². The van der Waals surface area contributed by atoms with Crippen molar-refractivity contribution in [3.63, 3.8) is 0 Å². The van der Waals surface area contributed by atoms with Crippen LogP contribution in [0.15, 0.2) is 0 Å². The molecule has 0 amide bonds. The summed E-state index contributed by atoms with van der Waals surface area (Å²) in [6.45, 7) is 1.90. The SMILES string of the molecule is CCC1CCN(c2c(F)c(NC3CCCCC3)c([N+](=O)[O-])c(N[C@@H](CO)C(=O)O)c2F)CC1. The monoisotopic (exact) mass is 470 g/mol. The van der Waals surface area contributed by atoms with Gasteiger partial charge in [-0.2, -0.15) is 0 Å². The van der Waals surface area contributed by atoms with Crippen molar-refractivity contribution >= 4 is 28.7 Å². The van der Waals surface area contributed by atoms with Gasteiger partial charge in [-0.25, -0.2) is 13.6 Å². The Kier molecular flexibility index (Phi) is 8.28. The minimum absolute atomic E-state index is 0.211. The lowest BCUT2D eigenvalue weighted by Gasteiger charge is -2.35. The van der Waals surface area contributed by atoms with Crippen molar-refractivity contribution in [3.05, 3.63) is 21.7 Å². The summed E-state index contributed by atoms with van der Waals surface area (Å²) in [5.41, 5.74) is -2.46. The molecule has 33 heavy (non-hydrogen) atoms.